The molecule has 0 spiro atoms. The maximum Gasteiger partial charge on any atom is 0.217 e. The first-order valence-corrected chi connectivity index (χ1v) is 6.13. The number of ether oxygens (including phenoxy) is 2. The third kappa shape index (κ3) is 3.96. The number of methoxy groups -OCH3 is 1. The molecule has 1 aliphatic heterocycles. The van der Waals surface area contributed by atoms with E-state index in [0.717, 1.165) is 0 Å². The molecule has 0 amide bonds. The number of hydrogen-bond acceptors (Lipinski definition) is 7. The molecular weight excluding hydrogens is 240 g/mol. The molecule has 0 aromatic rings. The Balaban J connectivity index is 2.51. The Morgan fingerprint density at radius 1 is 1.56 bits per heavy atom. The SMILES string of the molecule is CO[C@@H]1OC(COS(=O)(=O)[O-])C[C@H](O)C1C. The van der Waals surface area contributed by atoms with Crippen LogP contribution in [0.25, 0.3) is 0 Å². The van der Waals surface area contributed by atoms with Crippen LogP contribution in [0.2, 0.25) is 0 Å². The van der Waals surface area contributed by atoms with Gasteiger partial charge in [-0.05, 0) is 0 Å². The zero-order valence-corrected chi connectivity index (χ0v) is 9.85. The minimum absolute atomic E-state index is 0.205. The van der Waals surface area contributed by atoms with Crippen molar-refractivity contribution in [1.29, 1.82) is 0 Å². The standard InChI is InChI=1S/C8H16O7S/c1-5-7(9)3-6(15-8(5)13-2)4-14-16(10,11)12/h5-9H,3-4H2,1-2H3,(H,10,11,12)/p-1/t5?,6?,7-,8+/m0/s1. The van der Waals surface area contributed by atoms with Gasteiger partial charge in [0.25, 0.3) is 0 Å². The van der Waals surface area contributed by atoms with E-state index in [1.54, 1.807) is 6.92 Å². The van der Waals surface area contributed by atoms with Crippen LogP contribution in [0.1, 0.15) is 13.3 Å². The van der Waals surface area contributed by atoms with E-state index < -0.39 is 35.5 Å². The van der Waals surface area contributed by atoms with E-state index in [2.05, 4.69) is 4.18 Å². The third-order valence-corrected chi connectivity index (χ3v) is 2.92. The molecule has 0 aliphatic carbocycles. The Labute approximate surface area is 94.3 Å². The maximum absolute atomic E-state index is 10.2. The van der Waals surface area contributed by atoms with Gasteiger partial charge >= 0.3 is 0 Å². The lowest BCUT2D eigenvalue weighted by molar-refractivity contribution is -0.237. The van der Waals surface area contributed by atoms with Crippen LogP contribution in [0, 0.1) is 5.92 Å². The predicted octanol–water partition coefficient (Wildman–Crippen LogP) is -0.778. The summed E-state index contributed by atoms with van der Waals surface area (Å²) in [6, 6.07) is 0. The predicted molar refractivity (Wildman–Crippen MR) is 51.1 cm³/mol. The topological polar surface area (TPSA) is 105 Å². The van der Waals surface area contributed by atoms with Gasteiger partial charge in [0.05, 0.1) is 18.8 Å². The summed E-state index contributed by atoms with van der Waals surface area (Å²) in [5.74, 6) is -0.217. The molecule has 1 saturated heterocycles. The highest BCUT2D eigenvalue weighted by Gasteiger charge is 2.35. The van der Waals surface area contributed by atoms with Crippen molar-refractivity contribution in [1.82, 2.24) is 0 Å². The summed E-state index contributed by atoms with van der Waals surface area (Å²) in [6.45, 7) is 1.34. The number of aliphatic hydroxyl groups excluding tert-OH is 1. The first-order chi connectivity index (χ1) is 7.33. The summed E-state index contributed by atoms with van der Waals surface area (Å²) in [7, 11) is -3.31. The van der Waals surface area contributed by atoms with Crippen molar-refractivity contribution in [2.75, 3.05) is 13.7 Å². The minimum atomic E-state index is -4.73. The Morgan fingerprint density at radius 2 is 2.19 bits per heavy atom. The molecule has 0 saturated carbocycles. The summed E-state index contributed by atoms with van der Waals surface area (Å²) in [6.07, 6.45) is -1.77. The number of rotatable bonds is 4. The first kappa shape index (κ1) is 13.8. The van der Waals surface area contributed by atoms with E-state index in [4.69, 9.17) is 9.47 Å². The molecule has 96 valence electrons. The van der Waals surface area contributed by atoms with Gasteiger partial charge in [0.2, 0.25) is 10.4 Å². The monoisotopic (exact) mass is 255 g/mol. The normalized spacial score (nSPS) is 36.2. The van der Waals surface area contributed by atoms with Crippen LogP contribution in [0.3, 0.4) is 0 Å². The Bertz CT molecular complexity index is 314. The molecule has 0 radical (unpaired) electrons. The van der Waals surface area contributed by atoms with Crippen molar-refractivity contribution >= 4 is 10.4 Å². The molecule has 0 aromatic carbocycles. The van der Waals surface area contributed by atoms with E-state index in [-0.39, 0.29) is 12.3 Å². The largest absolute Gasteiger partial charge is 0.726 e. The van der Waals surface area contributed by atoms with Gasteiger partial charge in [-0.15, -0.1) is 0 Å². The summed E-state index contributed by atoms with van der Waals surface area (Å²) in [4.78, 5) is 0. The average Bonchev–Trinajstić information content (AvgIpc) is 2.18. The molecule has 0 bridgehead atoms. The fourth-order valence-corrected chi connectivity index (χ4v) is 1.89. The van der Waals surface area contributed by atoms with Crippen LogP contribution >= 0.6 is 0 Å². The molecule has 0 aromatic heterocycles. The first-order valence-electron chi connectivity index (χ1n) is 4.80. The molecular formula is C8H15O7S-. The summed E-state index contributed by atoms with van der Waals surface area (Å²) in [5, 5.41) is 9.64. The Morgan fingerprint density at radius 3 is 2.69 bits per heavy atom. The van der Waals surface area contributed by atoms with Crippen molar-refractivity contribution < 1.29 is 31.7 Å². The van der Waals surface area contributed by atoms with Crippen molar-refractivity contribution in [2.45, 2.75) is 31.8 Å². The maximum atomic E-state index is 10.2. The molecule has 4 atom stereocenters. The molecule has 8 heteroatoms. The second-order valence-electron chi connectivity index (χ2n) is 3.72. The van der Waals surface area contributed by atoms with Gasteiger partial charge in [-0.25, -0.2) is 8.42 Å². The fraction of sp³-hybridized carbons (Fsp3) is 1.00. The highest BCUT2D eigenvalue weighted by Crippen LogP contribution is 2.26. The minimum Gasteiger partial charge on any atom is -0.726 e. The van der Waals surface area contributed by atoms with Crippen molar-refractivity contribution in [2.24, 2.45) is 5.92 Å². The molecule has 16 heavy (non-hydrogen) atoms. The zero-order chi connectivity index (χ0) is 12.3. The average molecular weight is 255 g/mol. The third-order valence-electron chi connectivity index (χ3n) is 2.50. The smallest absolute Gasteiger partial charge is 0.217 e. The zero-order valence-electron chi connectivity index (χ0n) is 9.03. The van der Waals surface area contributed by atoms with Gasteiger partial charge in [-0.2, -0.15) is 0 Å². The molecule has 1 aliphatic rings. The van der Waals surface area contributed by atoms with Crippen LogP contribution in [0.15, 0.2) is 0 Å². The van der Waals surface area contributed by atoms with Crippen LogP contribution in [0.5, 0.6) is 0 Å². The van der Waals surface area contributed by atoms with Gasteiger partial charge in [-0.3, -0.25) is 4.18 Å². The fourth-order valence-electron chi connectivity index (χ4n) is 1.57. The molecule has 1 heterocycles. The molecule has 1 N–H and O–H groups in total. The van der Waals surface area contributed by atoms with E-state index in [1.165, 1.54) is 7.11 Å². The quantitative estimate of drug-likeness (QED) is 0.519. The second kappa shape index (κ2) is 5.39. The molecule has 1 rings (SSSR count). The lowest BCUT2D eigenvalue weighted by atomic mass is 9.95. The highest BCUT2D eigenvalue weighted by molar-refractivity contribution is 7.80. The molecule has 7 nitrogen and oxygen atoms in total. The van der Waals surface area contributed by atoms with E-state index >= 15 is 0 Å². The summed E-state index contributed by atoms with van der Waals surface area (Å²) < 4.78 is 45.1. The second-order valence-corrected chi connectivity index (χ2v) is 4.77. The van der Waals surface area contributed by atoms with Crippen LogP contribution in [-0.4, -0.2) is 50.3 Å². The van der Waals surface area contributed by atoms with Crippen LogP contribution < -0.4 is 0 Å². The molecule has 2 unspecified atom stereocenters. The highest BCUT2D eigenvalue weighted by atomic mass is 32.3. The Kier molecular flexibility index (Phi) is 4.65. The number of aliphatic hydroxyl groups is 1. The van der Waals surface area contributed by atoms with Gasteiger partial charge in [0.1, 0.15) is 0 Å². The van der Waals surface area contributed by atoms with Crippen LogP contribution in [0.4, 0.5) is 0 Å². The summed E-state index contributed by atoms with van der Waals surface area (Å²) in [5.41, 5.74) is 0. The van der Waals surface area contributed by atoms with E-state index in [9.17, 15) is 18.1 Å². The van der Waals surface area contributed by atoms with E-state index in [1.807, 2.05) is 0 Å². The summed E-state index contributed by atoms with van der Waals surface area (Å²) >= 11 is 0. The van der Waals surface area contributed by atoms with E-state index in [0.29, 0.717) is 0 Å². The lowest BCUT2D eigenvalue weighted by Gasteiger charge is -2.37. The van der Waals surface area contributed by atoms with Crippen molar-refractivity contribution in [3.05, 3.63) is 0 Å². The van der Waals surface area contributed by atoms with Crippen molar-refractivity contribution in [3.63, 3.8) is 0 Å². The van der Waals surface area contributed by atoms with Crippen LogP contribution in [-0.2, 0) is 24.1 Å². The van der Waals surface area contributed by atoms with Gasteiger partial charge in [0, 0.05) is 19.4 Å². The van der Waals surface area contributed by atoms with Crippen molar-refractivity contribution in [3.8, 4) is 0 Å². The number of hydrogen-bond donors (Lipinski definition) is 1. The van der Waals surface area contributed by atoms with Gasteiger partial charge < -0.3 is 19.1 Å². The lowest BCUT2D eigenvalue weighted by Crippen LogP contribution is -2.45. The Hall–Kier alpha value is -0.250. The van der Waals surface area contributed by atoms with Gasteiger partial charge in [-0.1, -0.05) is 6.92 Å². The van der Waals surface area contributed by atoms with Gasteiger partial charge in [0.15, 0.2) is 6.29 Å². The molecule has 1 fully saturated rings.